The lowest BCUT2D eigenvalue weighted by atomic mass is 10.3. The first kappa shape index (κ1) is 11.0. The van der Waals surface area contributed by atoms with Crippen LogP contribution >= 0.6 is 22.7 Å². The van der Waals surface area contributed by atoms with Gasteiger partial charge >= 0.3 is 0 Å². The molecule has 16 heavy (non-hydrogen) atoms. The van der Waals surface area contributed by atoms with Crippen LogP contribution in [0.2, 0.25) is 0 Å². The fraction of sp³-hybridized carbons (Fsp3) is 0.222. The molecule has 84 valence electrons. The molecule has 0 aromatic carbocycles. The van der Waals surface area contributed by atoms with E-state index in [2.05, 4.69) is 15.3 Å². The zero-order valence-corrected chi connectivity index (χ0v) is 10.2. The van der Waals surface area contributed by atoms with Crippen molar-refractivity contribution in [3.05, 3.63) is 27.2 Å². The maximum absolute atomic E-state index is 11.8. The molecular formula is C9H10N4OS2. The number of nitrogens with one attached hydrogen (secondary N) is 1. The Hall–Kier alpha value is -1.47. The highest BCUT2D eigenvalue weighted by molar-refractivity contribution is 7.17. The van der Waals surface area contributed by atoms with Gasteiger partial charge in [0.1, 0.15) is 4.88 Å². The van der Waals surface area contributed by atoms with Crippen molar-refractivity contribution >= 4 is 33.7 Å². The largest absolute Gasteiger partial charge is 0.375 e. The van der Waals surface area contributed by atoms with Crippen LogP contribution in [0.5, 0.6) is 0 Å². The summed E-state index contributed by atoms with van der Waals surface area (Å²) >= 11 is 2.70. The molecule has 0 saturated carbocycles. The standard InChI is InChI=1S/C9H10N4OS2/c1-5-7(16-9(10)13-5)8(14)11-2-6-3-15-4-12-6/h3-4H,2H2,1H3,(H2,10,13)(H,11,14). The Labute approximate surface area is 100 Å². The Kier molecular flexibility index (Phi) is 3.16. The SMILES string of the molecule is Cc1nc(N)sc1C(=O)NCc1cscn1. The van der Waals surface area contributed by atoms with Crippen LogP contribution in [0.3, 0.4) is 0 Å². The minimum atomic E-state index is -0.153. The molecule has 0 aliphatic heterocycles. The van der Waals surface area contributed by atoms with Gasteiger partial charge in [0.05, 0.1) is 23.4 Å². The lowest BCUT2D eigenvalue weighted by Crippen LogP contribution is -2.22. The Bertz CT molecular complexity index is 492. The van der Waals surface area contributed by atoms with E-state index in [-0.39, 0.29) is 5.91 Å². The number of thiazole rings is 2. The van der Waals surface area contributed by atoms with Gasteiger partial charge in [-0.05, 0) is 6.92 Å². The summed E-state index contributed by atoms with van der Waals surface area (Å²) in [6, 6.07) is 0. The molecule has 0 aliphatic carbocycles. The number of aryl methyl sites for hydroxylation is 1. The number of carbonyl (C=O) groups excluding carboxylic acids is 1. The summed E-state index contributed by atoms with van der Waals surface area (Å²) in [5, 5.41) is 5.09. The van der Waals surface area contributed by atoms with Crippen molar-refractivity contribution in [1.29, 1.82) is 0 Å². The zero-order chi connectivity index (χ0) is 11.5. The monoisotopic (exact) mass is 254 g/mol. The average molecular weight is 254 g/mol. The maximum Gasteiger partial charge on any atom is 0.263 e. The molecule has 0 fully saturated rings. The van der Waals surface area contributed by atoms with Gasteiger partial charge in [0.15, 0.2) is 5.13 Å². The van der Waals surface area contributed by atoms with E-state index in [9.17, 15) is 4.79 Å². The van der Waals surface area contributed by atoms with E-state index in [1.165, 1.54) is 22.7 Å². The summed E-state index contributed by atoms with van der Waals surface area (Å²) in [4.78, 5) is 20.4. The first-order valence-corrected chi connectivity index (χ1v) is 6.31. The van der Waals surface area contributed by atoms with Gasteiger partial charge in [-0.2, -0.15) is 0 Å². The first-order valence-electron chi connectivity index (χ1n) is 4.55. The number of aromatic nitrogens is 2. The van der Waals surface area contributed by atoms with Gasteiger partial charge in [-0.15, -0.1) is 11.3 Å². The van der Waals surface area contributed by atoms with Crippen LogP contribution in [0.4, 0.5) is 5.13 Å². The third-order valence-electron chi connectivity index (χ3n) is 1.93. The van der Waals surface area contributed by atoms with Gasteiger partial charge in [0.2, 0.25) is 0 Å². The van der Waals surface area contributed by atoms with E-state index >= 15 is 0 Å². The van der Waals surface area contributed by atoms with Crippen LogP contribution in [-0.2, 0) is 6.54 Å². The summed E-state index contributed by atoms with van der Waals surface area (Å²) in [6.45, 7) is 2.20. The van der Waals surface area contributed by atoms with Crippen molar-refractivity contribution < 1.29 is 4.79 Å². The predicted molar refractivity (Wildman–Crippen MR) is 64.5 cm³/mol. The zero-order valence-electron chi connectivity index (χ0n) is 8.56. The molecule has 0 unspecified atom stereocenters. The number of hydrogen-bond acceptors (Lipinski definition) is 6. The van der Waals surface area contributed by atoms with Gasteiger partial charge in [0, 0.05) is 5.38 Å². The lowest BCUT2D eigenvalue weighted by Gasteiger charge is -2.00. The minimum absolute atomic E-state index is 0.153. The molecule has 7 heteroatoms. The van der Waals surface area contributed by atoms with E-state index in [1.807, 2.05) is 5.38 Å². The molecule has 2 rings (SSSR count). The third-order valence-corrected chi connectivity index (χ3v) is 3.55. The normalized spacial score (nSPS) is 10.3. The molecule has 0 spiro atoms. The lowest BCUT2D eigenvalue weighted by molar-refractivity contribution is 0.0954. The number of carbonyl (C=O) groups is 1. The van der Waals surface area contributed by atoms with E-state index < -0.39 is 0 Å². The molecule has 2 aromatic rings. The Morgan fingerprint density at radius 1 is 1.62 bits per heavy atom. The molecule has 0 saturated heterocycles. The van der Waals surface area contributed by atoms with Gasteiger partial charge < -0.3 is 11.1 Å². The molecule has 0 radical (unpaired) electrons. The Morgan fingerprint density at radius 3 is 3.00 bits per heavy atom. The van der Waals surface area contributed by atoms with Crippen LogP contribution in [0.15, 0.2) is 10.9 Å². The number of hydrogen-bond donors (Lipinski definition) is 2. The predicted octanol–water partition coefficient (Wildman–Crippen LogP) is 1.42. The molecule has 5 nitrogen and oxygen atoms in total. The van der Waals surface area contributed by atoms with Gasteiger partial charge in [-0.3, -0.25) is 4.79 Å². The van der Waals surface area contributed by atoms with Gasteiger partial charge in [-0.1, -0.05) is 11.3 Å². The second-order valence-corrected chi connectivity index (χ2v) is 4.88. The molecule has 1 amide bonds. The number of nitrogens with two attached hydrogens (primary N) is 1. The number of anilines is 1. The quantitative estimate of drug-likeness (QED) is 0.868. The Balaban J connectivity index is 2.01. The molecule has 3 N–H and O–H groups in total. The topological polar surface area (TPSA) is 80.9 Å². The maximum atomic E-state index is 11.8. The number of rotatable bonds is 3. The summed E-state index contributed by atoms with van der Waals surface area (Å²) in [6.07, 6.45) is 0. The number of amides is 1. The molecule has 0 bridgehead atoms. The minimum Gasteiger partial charge on any atom is -0.375 e. The van der Waals surface area contributed by atoms with Crippen molar-refractivity contribution in [1.82, 2.24) is 15.3 Å². The average Bonchev–Trinajstić information content (AvgIpc) is 2.84. The number of nitrogens with zero attached hydrogens (tertiary/aromatic N) is 2. The van der Waals surface area contributed by atoms with E-state index in [4.69, 9.17) is 5.73 Å². The third kappa shape index (κ3) is 2.37. The highest BCUT2D eigenvalue weighted by Gasteiger charge is 2.13. The van der Waals surface area contributed by atoms with E-state index in [0.29, 0.717) is 22.2 Å². The van der Waals surface area contributed by atoms with Crippen LogP contribution in [0, 0.1) is 6.92 Å². The van der Waals surface area contributed by atoms with Crippen molar-refractivity contribution in [2.24, 2.45) is 0 Å². The van der Waals surface area contributed by atoms with Gasteiger partial charge in [0.25, 0.3) is 5.91 Å². The second kappa shape index (κ2) is 4.58. The van der Waals surface area contributed by atoms with Crippen LogP contribution in [0.1, 0.15) is 21.1 Å². The summed E-state index contributed by atoms with van der Waals surface area (Å²) in [7, 11) is 0. The van der Waals surface area contributed by atoms with Crippen LogP contribution < -0.4 is 11.1 Å². The second-order valence-electron chi connectivity index (χ2n) is 3.13. The molecule has 0 atom stereocenters. The first-order chi connectivity index (χ1) is 7.66. The van der Waals surface area contributed by atoms with Crippen molar-refractivity contribution in [2.45, 2.75) is 13.5 Å². The van der Waals surface area contributed by atoms with E-state index in [0.717, 1.165) is 5.69 Å². The summed E-state index contributed by atoms with van der Waals surface area (Å²) < 4.78 is 0. The Morgan fingerprint density at radius 2 is 2.44 bits per heavy atom. The molecule has 2 aromatic heterocycles. The number of nitrogen functional groups attached to an aromatic ring is 1. The van der Waals surface area contributed by atoms with Crippen molar-refractivity contribution in [3.63, 3.8) is 0 Å². The van der Waals surface area contributed by atoms with Crippen molar-refractivity contribution in [2.75, 3.05) is 5.73 Å². The van der Waals surface area contributed by atoms with Crippen LogP contribution in [-0.4, -0.2) is 15.9 Å². The molecular weight excluding hydrogens is 244 g/mol. The fourth-order valence-corrected chi connectivity index (χ4v) is 2.51. The highest BCUT2D eigenvalue weighted by Crippen LogP contribution is 2.19. The molecule has 2 heterocycles. The fourth-order valence-electron chi connectivity index (χ4n) is 1.20. The smallest absolute Gasteiger partial charge is 0.263 e. The van der Waals surface area contributed by atoms with E-state index in [1.54, 1.807) is 12.4 Å². The summed E-state index contributed by atoms with van der Waals surface area (Å²) in [5.74, 6) is -0.153. The highest BCUT2D eigenvalue weighted by atomic mass is 32.1. The summed E-state index contributed by atoms with van der Waals surface area (Å²) in [5.41, 5.74) is 8.78. The van der Waals surface area contributed by atoms with Gasteiger partial charge in [-0.25, -0.2) is 9.97 Å². The van der Waals surface area contributed by atoms with Crippen LogP contribution in [0.25, 0.3) is 0 Å². The molecule has 0 aliphatic rings. The van der Waals surface area contributed by atoms with Crippen molar-refractivity contribution in [3.8, 4) is 0 Å².